The number of hydrogen-bond donors (Lipinski definition) is 0. The highest BCUT2D eigenvalue weighted by Gasteiger charge is 2.35. The zero-order chi connectivity index (χ0) is 19.0. The highest BCUT2D eigenvalue weighted by atomic mass is 31.0. The molecule has 1 heterocycles. The van der Waals surface area contributed by atoms with Gasteiger partial charge in [-0.05, 0) is 31.4 Å². The van der Waals surface area contributed by atoms with Crippen LogP contribution in [-0.2, 0) is 18.8 Å². The Labute approximate surface area is 159 Å². The number of allylic oxidation sites excluding steroid dienone is 6. The molecule has 1 saturated heterocycles. The second-order valence-corrected chi connectivity index (χ2v) is 6.04. The first kappa shape index (κ1) is 22.4. The quantitative estimate of drug-likeness (QED) is 0.177. The minimum atomic E-state index is -0.160. The van der Waals surface area contributed by atoms with Crippen LogP contribution in [0, 0.1) is 11.8 Å². The van der Waals surface area contributed by atoms with Crippen LogP contribution in [-0.4, -0.2) is 31.4 Å². The molecule has 142 valence electrons. The molecule has 0 bridgehead atoms. The number of methoxy groups -OCH3 is 1. The van der Waals surface area contributed by atoms with Gasteiger partial charge in [-0.25, -0.2) is 0 Å². The van der Waals surface area contributed by atoms with Gasteiger partial charge in [-0.1, -0.05) is 55.2 Å². The molecule has 0 aromatic rings. The Morgan fingerprint density at radius 2 is 2.12 bits per heavy atom. The van der Waals surface area contributed by atoms with Gasteiger partial charge in [0, 0.05) is 22.3 Å². The van der Waals surface area contributed by atoms with Crippen LogP contribution in [0.3, 0.4) is 0 Å². The first-order valence-corrected chi connectivity index (χ1v) is 9.41. The van der Waals surface area contributed by atoms with E-state index < -0.39 is 0 Å². The van der Waals surface area contributed by atoms with Crippen LogP contribution in [0.5, 0.6) is 0 Å². The monoisotopic (exact) mass is 376 g/mol. The summed E-state index contributed by atoms with van der Waals surface area (Å²) in [6, 6.07) is 0. The zero-order valence-electron chi connectivity index (χ0n) is 15.6. The summed E-state index contributed by atoms with van der Waals surface area (Å²) < 4.78 is 15.3. The predicted molar refractivity (Wildman–Crippen MR) is 108 cm³/mol. The first-order valence-electron chi connectivity index (χ1n) is 8.94. The number of esters is 1. The maximum absolute atomic E-state index is 11.0. The van der Waals surface area contributed by atoms with Crippen molar-refractivity contribution in [1.29, 1.82) is 0 Å². The summed E-state index contributed by atoms with van der Waals surface area (Å²) in [6.45, 7) is 2.07. The van der Waals surface area contributed by atoms with Crippen LogP contribution in [0.25, 0.3) is 0 Å². The van der Waals surface area contributed by atoms with Crippen LogP contribution in [0.4, 0.5) is 0 Å². The van der Waals surface area contributed by atoms with Gasteiger partial charge in [-0.3, -0.25) is 4.79 Å². The third-order valence-electron chi connectivity index (χ3n) is 3.78. The van der Waals surface area contributed by atoms with E-state index in [1.165, 1.54) is 7.11 Å². The molecule has 0 N–H and O–H groups in total. The van der Waals surface area contributed by atoms with Crippen LogP contribution in [0.1, 0.15) is 39.0 Å². The number of carbonyl (C=O) groups is 1. The van der Waals surface area contributed by atoms with Gasteiger partial charge in [0.15, 0.2) is 0 Å². The maximum Gasteiger partial charge on any atom is 0.305 e. The fraction of sp³-hybridized carbons (Fsp3) is 0.476. The fourth-order valence-electron chi connectivity index (χ4n) is 2.17. The number of hydrogen-bond acceptors (Lipinski definition) is 4. The molecule has 1 rings (SSSR count). The molecule has 5 heteroatoms. The summed E-state index contributed by atoms with van der Waals surface area (Å²) in [4.78, 5) is 11.0. The van der Waals surface area contributed by atoms with Crippen molar-refractivity contribution in [1.82, 2.24) is 0 Å². The van der Waals surface area contributed by atoms with Crippen molar-refractivity contribution in [3.8, 4) is 11.8 Å². The molecule has 0 aromatic heterocycles. The molecule has 4 nitrogen and oxygen atoms in total. The van der Waals surface area contributed by atoms with Crippen molar-refractivity contribution in [3.05, 3.63) is 48.6 Å². The lowest BCUT2D eigenvalue weighted by Gasteiger charge is -2.04. The van der Waals surface area contributed by atoms with Gasteiger partial charge in [-0.15, -0.1) is 0 Å². The Morgan fingerprint density at radius 1 is 1.31 bits per heavy atom. The van der Waals surface area contributed by atoms with Crippen molar-refractivity contribution < 1.29 is 18.8 Å². The fourth-order valence-corrected chi connectivity index (χ4v) is 2.45. The van der Waals surface area contributed by atoms with Crippen molar-refractivity contribution in [3.63, 3.8) is 0 Å². The molecule has 0 amide bonds. The largest absolute Gasteiger partial charge is 0.469 e. The summed E-state index contributed by atoms with van der Waals surface area (Å²) in [5, 5.41) is 0. The lowest BCUT2D eigenvalue weighted by molar-refractivity contribution is -0.140. The van der Waals surface area contributed by atoms with E-state index in [1.54, 1.807) is 0 Å². The predicted octanol–water partition coefficient (Wildman–Crippen LogP) is 4.30. The minimum absolute atomic E-state index is 0.113. The van der Waals surface area contributed by atoms with Crippen molar-refractivity contribution in [2.45, 2.75) is 57.3 Å². The van der Waals surface area contributed by atoms with E-state index in [0.717, 1.165) is 19.3 Å². The summed E-state index contributed by atoms with van der Waals surface area (Å²) in [5.74, 6) is 5.88. The van der Waals surface area contributed by atoms with E-state index in [1.807, 2.05) is 48.6 Å². The highest BCUT2D eigenvalue weighted by molar-refractivity contribution is 7.09. The third-order valence-corrected chi connectivity index (χ3v) is 4.13. The molecule has 26 heavy (non-hydrogen) atoms. The molecule has 1 fully saturated rings. The number of rotatable bonds is 11. The molecule has 0 aromatic carbocycles. The maximum atomic E-state index is 11.0. The summed E-state index contributed by atoms with van der Waals surface area (Å²) in [5.41, 5.74) is 0. The molecule has 0 spiro atoms. The Morgan fingerprint density at radius 3 is 2.85 bits per heavy atom. The number of ether oxygens (including phenoxy) is 2. The van der Waals surface area contributed by atoms with Crippen LogP contribution >= 0.6 is 9.47 Å². The molecule has 0 saturated carbocycles. The van der Waals surface area contributed by atoms with E-state index >= 15 is 0 Å². The van der Waals surface area contributed by atoms with E-state index in [9.17, 15) is 4.79 Å². The van der Waals surface area contributed by atoms with Gasteiger partial charge in [0.2, 0.25) is 0 Å². The molecule has 0 aliphatic carbocycles. The molecular weight excluding hydrogens is 347 g/mol. The first-order chi connectivity index (χ1) is 12.7. The Bertz CT molecular complexity index is 577. The lowest BCUT2D eigenvalue weighted by atomic mass is 10.1. The lowest BCUT2D eigenvalue weighted by Crippen LogP contribution is -2.01. The molecule has 4 unspecified atom stereocenters. The van der Waals surface area contributed by atoms with Gasteiger partial charge in [-0.2, -0.15) is 0 Å². The van der Waals surface area contributed by atoms with Crippen LogP contribution in [0.15, 0.2) is 48.6 Å². The standard InChI is InChI=1S/C21H29O4P/c1-3-18(25-26)14-11-9-7-5-4-6-8-10-12-15-19-20(24-19)16-13-17-21(22)23-2/h4,6,8,10-12,14-15,18-20H,3,5,13,16-17,26H2,1-2H3. The number of carbonyl (C=O) groups excluding carboxylic acids is 1. The normalized spacial score (nSPS) is 20.7. The average molecular weight is 376 g/mol. The highest BCUT2D eigenvalue weighted by Crippen LogP contribution is 2.28. The average Bonchev–Trinajstić information content (AvgIpc) is 3.40. The summed E-state index contributed by atoms with van der Waals surface area (Å²) in [6.07, 6.45) is 20.1. The van der Waals surface area contributed by atoms with E-state index in [2.05, 4.69) is 33.0 Å². The summed E-state index contributed by atoms with van der Waals surface area (Å²) >= 11 is 0. The molecule has 1 aliphatic heterocycles. The topological polar surface area (TPSA) is 48.1 Å². The Kier molecular flexibility index (Phi) is 12.5. The number of epoxide rings is 1. The Hall–Kier alpha value is -1.66. The molecule has 0 radical (unpaired) electrons. The van der Waals surface area contributed by atoms with Gasteiger partial charge >= 0.3 is 5.97 Å². The van der Waals surface area contributed by atoms with E-state index in [4.69, 9.17) is 9.26 Å². The van der Waals surface area contributed by atoms with E-state index in [-0.39, 0.29) is 24.3 Å². The smallest absolute Gasteiger partial charge is 0.305 e. The SMILES string of the molecule is CCC(C=CC#CCC=CC=CC=CC1OC1CCCC(=O)OC)OP. The molecular formula is C21H29O4P. The zero-order valence-corrected chi connectivity index (χ0v) is 16.8. The van der Waals surface area contributed by atoms with E-state index in [0.29, 0.717) is 12.8 Å². The third kappa shape index (κ3) is 11.1. The second kappa shape index (κ2) is 14.5. The van der Waals surface area contributed by atoms with Crippen molar-refractivity contribution in [2.24, 2.45) is 0 Å². The van der Waals surface area contributed by atoms with Gasteiger partial charge in [0.1, 0.15) is 6.10 Å². The minimum Gasteiger partial charge on any atom is -0.469 e. The van der Waals surface area contributed by atoms with Crippen LogP contribution in [0.2, 0.25) is 0 Å². The van der Waals surface area contributed by atoms with Gasteiger partial charge in [0.25, 0.3) is 0 Å². The molecule has 1 aliphatic rings. The van der Waals surface area contributed by atoms with Gasteiger partial charge < -0.3 is 14.0 Å². The Balaban J connectivity index is 2.10. The van der Waals surface area contributed by atoms with Crippen LogP contribution < -0.4 is 0 Å². The van der Waals surface area contributed by atoms with Crippen molar-refractivity contribution >= 4 is 15.4 Å². The van der Waals surface area contributed by atoms with Gasteiger partial charge in [0.05, 0.1) is 19.3 Å². The summed E-state index contributed by atoms with van der Waals surface area (Å²) in [7, 11) is 3.69. The molecule has 4 atom stereocenters. The second-order valence-electron chi connectivity index (χ2n) is 5.77. The van der Waals surface area contributed by atoms with Crippen molar-refractivity contribution in [2.75, 3.05) is 7.11 Å².